The minimum atomic E-state index is -1.75. The van der Waals surface area contributed by atoms with Crippen molar-refractivity contribution < 1.29 is 64.0 Å². The van der Waals surface area contributed by atoms with Crippen LogP contribution in [0.5, 0.6) is 23.0 Å². The summed E-state index contributed by atoms with van der Waals surface area (Å²) in [6, 6.07) is 5.40. The number of aliphatic hydroxyl groups excluding tert-OH is 2. The van der Waals surface area contributed by atoms with Gasteiger partial charge < -0.3 is 49.6 Å². The molecular weight excluding hydrogens is 596 g/mol. The number of rotatable bonds is 6. The standard InChI is InChI=1S/C31H24O14/c1-10(32)7-12-8-11-5-6-13-20(18(11)25(37)19(12)30(41)42)26(38)21-22(34)14-3-2-4-16(27(14)45-28(21)23(13)35)43-31-24(36)15(33)9-17(44-31)29(39)40/h2-4,8-9,15,24,31,33,35-38H,5-7H2,1H3,(H,39,40)(H,41,42)/t15-,24+,31+/m0/s1. The third-order valence-corrected chi connectivity index (χ3v) is 7.82. The van der Waals surface area contributed by atoms with Gasteiger partial charge in [0, 0.05) is 23.1 Å². The molecule has 0 spiro atoms. The van der Waals surface area contributed by atoms with Crippen LogP contribution in [-0.4, -0.2) is 72.0 Å². The van der Waals surface area contributed by atoms with E-state index in [0.717, 1.165) is 6.08 Å². The largest absolute Gasteiger partial charge is 0.506 e. The van der Waals surface area contributed by atoms with Crippen molar-refractivity contribution in [2.75, 3.05) is 0 Å². The summed E-state index contributed by atoms with van der Waals surface area (Å²) >= 11 is 0. The number of aliphatic hydroxyl groups is 2. The van der Waals surface area contributed by atoms with Crippen molar-refractivity contribution in [2.45, 2.75) is 44.7 Å². The molecule has 1 aliphatic carbocycles. The van der Waals surface area contributed by atoms with E-state index in [1.54, 1.807) is 0 Å². The highest BCUT2D eigenvalue weighted by molar-refractivity contribution is 6.06. The maximum Gasteiger partial charge on any atom is 0.371 e. The van der Waals surface area contributed by atoms with Crippen molar-refractivity contribution in [1.29, 1.82) is 0 Å². The number of phenols is 3. The number of carboxylic acids is 2. The van der Waals surface area contributed by atoms with E-state index in [0.29, 0.717) is 5.56 Å². The molecule has 1 aromatic heterocycles. The summed E-state index contributed by atoms with van der Waals surface area (Å²) in [6.07, 6.45) is -4.40. The van der Waals surface area contributed by atoms with Crippen molar-refractivity contribution in [2.24, 2.45) is 0 Å². The van der Waals surface area contributed by atoms with Crippen molar-refractivity contribution >= 4 is 39.7 Å². The summed E-state index contributed by atoms with van der Waals surface area (Å²) in [4.78, 5) is 49.1. The summed E-state index contributed by atoms with van der Waals surface area (Å²) < 4.78 is 16.7. The van der Waals surface area contributed by atoms with Gasteiger partial charge in [0.1, 0.15) is 34.3 Å². The van der Waals surface area contributed by atoms with Gasteiger partial charge in [-0.3, -0.25) is 9.59 Å². The molecule has 14 heteroatoms. The number of aryl methyl sites for hydroxylation is 1. The van der Waals surface area contributed by atoms with Gasteiger partial charge in [-0.05, 0) is 49.1 Å². The number of aromatic hydroxyl groups is 3. The average Bonchev–Trinajstić information content (AvgIpc) is 2.97. The molecule has 0 bridgehead atoms. The molecule has 0 saturated carbocycles. The molecule has 0 unspecified atom stereocenters. The van der Waals surface area contributed by atoms with Gasteiger partial charge in [0.15, 0.2) is 28.8 Å². The Morgan fingerprint density at radius 2 is 1.69 bits per heavy atom. The first kappa shape index (κ1) is 29.5. The molecule has 3 atom stereocenters. The molecule has 2 heterocycles. The number of carbonyl (C=O) groups is 3. The molecule has 0 radical (unpaired) electrons. The highest BCUT2D eigenvalue weighted by atomic mass is 16.7. The van der Waals surface area contributed by atoms with E-state index in [4.69, 9.17) is 13.9 Å². The van der Waals surface area contributed by atoms with Gasteiger partial charge in [-0.25, -0.2) is 9.59 Å². The number of hydrogen-bond acceptors (Lipinski definition) is 12. The van der Waals surface area contributed by atoms with E-state index in [9.17, 15) is 54.9 Å². The van der Waals surface area contributed by atoms with Crippen molar-refractivity contribution in [3.8, 4) is 34.1 Å². The van der Waals surface area contributed by atoms with Crippen LogP contribution >= 0.6 is 0 Å². The molecule has 232 valence electrons. The maximum atomic E-state index is 13.8. The predicted octanol–water partition coefficient (Wildman–Crippen LogP) is 2.08. The van der Waals surface area contributed by atoms with Crippen LogP contribution in [0.4, 0.5) is 0 Å². The van der Waals surface area contributed by atoms with Gasteiger partial charge in [-0.1, -0.05) is 12.1 Å². The Kier molecular flexibility index (Phi) is 6.90. The highest BCUT2D eigenvalue weighted by Crippen LogP contribution is 2.52. The Morgan fingerprint density at radius 3 is 2.36 bits per heavy atom. The van der Waals surface area contributed by atoms with Crippen molar-refractivity contribution in [3.63, 3.8) is 0 Å². The fraction of sp³-hybridized carbons (Fsp3) is 0.226. The van der Waals surface area contributed by atoms with Crippen LogP contribution in [0.3, 0.4) is 0 Å². The van der Waals surface area contributed by atoms with Crippen molar-refractivity contribution in [1.82, 2.24) is 0 Å². The van der Waals surface area contributed by atoms with Crippen LogP contribution in [-0.2, 0) is 33.6 Å². The van der Waals surface area contributed by atoms with Gasteiger partial charge in [0.25, 0.3) is 6.29 Å². The quantitative estimate of drug-likeness (QED) is 0.121. The Hall–Kier alpha value is -5.60. The van der Waals surface area contributed by atoms with E-state index < -0.39 is 75.4 Å². The lowest BCUT2D eigenvalue weighted by Gasteiger charge is -2.30. The number of carbonyl (C=O) groups excluding carboxylic acids is 1. The molecule has 6 rings (SSSR count). The number of hydrogen-bond donors (Lipinski definition) is 7. The summed E-state index contributed by atoms with van der Waals surface area (Å²) in [7, 11) is 0. The second-order valence-corrected chi connectivity index (χ2v) is 10.7. The minimum absolute atomic E-state index is 0.0461. The topological polar surface area (TPSA) is 241 Å². The van der Waals surface area contributed by atoms with Gasteiger partial charge in [-0.2, -0.15) is 0 Å². The third-order valence-electron chi connectivity index (χ3n) is 7.82. The molecule has 14 nitrogen and oxygen atoms in total. The van der Waals surface area contributed by atoms with Crippen molar-refractivity contribution in [3.05, 3.63) is 68.6 Å². The highest BCUT2D eigenvalue weighted by Gasteiger charge is 2.38. The number of aliphatic carboxylic acids is 1. The van der Waals surface area contributed by atoms with Crippen LogP contribution in [0, 0.1) is 0 Å². The molecule has 2 aliphatic rings. The van der Waals surface area contributed by atoms with Crippen LogP contribution in [0.25, 0.3) is 33.1 Å². The Balaban J connectivity index is 1.56. The van der Waals surface area contributed by atoms with Gasteiger partial charge in [0.05, 0.1) is 5.39 Å². The van der Waals surface area contributed by atoms with Gasteiger partial charge >= 0.3 is 11.9 Å². The van der Waals surface area contributed by atoms with Crippen LogP contribution in [0.1, 0.15) is 34.0 Å². The molecule has 45 heavy (non-hydrogen) atoms. The van der Waals surface area contributed by atoms with Gasteiger partial charge in [0.2, 0.25) is 11.2 Å². The van der Waals surface area contributed by atoms with E-state index in [1.807, 2.05) is 0 Å². The number of benzene rings is 3. The van der Waals surface area contributed by atoms with E-state index in [1.165, 1.54) is 31.2 Å². The fourth-order valence-corrected chi connectivity index (χ4v) is 5.86. The van der Waals surface area contributed by atoms with Crippen LogP contribution in [0.15, 0.2) is 45.3 Å². The third kappa shape index (κ3) is 4.58. The van der Waals surface area contributed by atoms with E-state index >= 15 is 0 Å². The number of ketones is 1. The van der Waals surface area contributed by atoms with Gasteiger partial charge in [-0.15, -0.1) is 0 Å². The summed E-state index contributed by atoms with van der Waals surface area (Å²) in [5, 5.41) is 72.9. The Labute approximate surface area is 251 Å². The second-order valence-electron chi connectivity index (χ2n) is 10.7. The Morgan fingerprint density at radius 1 is 0.956 bits per heavy atom. The molecule has 0 amide bonds. The molecule has 4 aromatic rings. The lowest BCUT2D eigenvalue weighted by molar-refractivity contribution is -0.172. The lowest BCUT2D eigenvalue weighted by Crippen LogP contribution is -2.45. The molecule has 7 N–H and O–H groups in total. The first-order valence-corrected chi connectivity index (χ1v) is 13.5. The van der Waals surface area contributed by atoms with Crippen LogP contribution < -0.4 is 10.2 Å². The van der Waals surface area contributed by atoms with E-state index in [-0.39, 0.29) is 64.0 Å². The number of fused-ring (bicyclic) bond motifs is 5. The number of aromatic carboxylic acids is 1. The summed E-state index contributed by atoms with van der Waals surface area (Å²) in [5.74, 6) is -6.35. The maximum absolute atomic E-state index is 13.8. The molecular formula is C31H24O14. The first-order valence-electron chi connectivity index (χ1n) is 13.5. The zero-order chi connectivity index (χ0) is 32.5. The number of ether oxygens (including phenoxy) is 2. The number of phenolic OH excluding ortho intramolecular Hbond substituents is 2. The first-order chi connectivity index (χ1) is 21.3. The molecule has 0 fully saturated rings. The number of para-hydroxylation sites is 1. The average molecular weight is 621 g/mol. The summed E-state index contributed by atoms with van der Waals surface area (Å²) in [6.45, 7) is 1.27. The normalized spacial score (nSPS) is 18.9. The molecule has 1 aliphatic heterocycles. The Bertz CT molecular complexity index is 2070. The number of carboxylic acid groups (broad SMARTS) is 2. The minimum Gasteiger partial charge on any atom is -0.506 e. The second kappa shape index (κ2) is 10.5. The number of Topliss-reactive ketones (excluding diaryl/α,β-unsaturated/α-hetero) is 1. The summed E-state index contributed by atoms with van der Waals surface area (Å²) in [5.41, 5.74) is -1.94. The zero-order valence-electron chi connectivity index (χ0n) is 23.2. The molecule has 3 aromatic carbocycles. The smallest absolute Gasteiger partial charge is 0.371 e. The fourth-order valence-electron chi connectivity index (χ4n) is 5.86. The van der Waals surface area contributed by atoms with E-state index in [2.05, 4.69) is 0 Å². The monoisotopic (exact) mass is 620 g/mol. The zero-order valence-corrected chi connectivity index (χ0v) is 23.2. The van der Waals surface area contributed by atoms with Crippen LogP contribution in [0.2, 0.25) is 0 Å². The molecule has 0 saturated heterocycles. The lowest BCUT2D eigenvalue weighted by atomic mass is 9.80. The SMILES string of the molecule is CC(=O)Cc1cc2c(c(O)c1C(=O)O)-c1c(c(O)c3oc4c(O[C@@H]5OC(C(=O)O)=C[C@H](O)[C@H]5O)cccc4c(=O)c3c1O)CC2. The predicted molar refractivity (Wildman–Crippen MR) is 152 cm³/mol.